The zero-order chi connectivity index (χ0) is 20.0. The second-order valence-electron chi connectivity index (χ2n) is 5.99. The summed E-state index contributed by atoms with van der Waals surface area (Å²) in [5, 5.41) is 3.13. The fourth-order valence-electron chi connectivity index (χ4n) is 2.29. The number of amides is 2. The summed E-state index contributed by atoms with van der Waals surface area (Å²) in [4.78, 5) is 23.9. The van der Waals surface area contributed by atoms with E-state index in [0.29, 0.717) is 16.3 Å². The SMILES string of the molecule is Cc1cccc(C(=O)NC(=S)NNC(=O)COc2cc(C)c(Cl)c(C)c2)c1. The highest BCUT2D eigenvalue weighted by Gasteiger charge is 2.10. The van der Waals surface area contributed by atoms with Crippen LogP contribution in [0.15, 0.2) is 36.4 Å². The minimum Gasteiger partial charge on any atom is -0.484 e. The average molecular weight is 406 g/mol. The van der Waals surface area contributed by atoms with Gasteiger partial charge in [-0.3, -0.25) is 25.8 Å². The normalized spacial score (nSPS) is 10.1. The molecule has 0 fully saturated rings. The van der Waals surface area contributed by atoms with Crippen molar-refractivity contribution in [3.8, 4) is 5.75 Å². The van der Waals surface area contributed by atoms with Crippen molar-refractivity contribution in [2.45, 2.75) is 20.8 Å². The van der Waals surface area contributed by atoms with Crippen molar-refractivity contribution >= 4 is 40.7 Å². The molecule has 27 heavy (non-hydrogen) atoms. The molecule has 2 aromatic rings. The highest BCUT2D eigenvalue weighted by atomic mass is 35.5. The van der Waals surface area contributed by atoms with Crippen LogP contribution in [0.3, 0.4) is 0 Å². The summed E-state index contributed by atoms with van der Waals surface area (Å²) in [5.74, 6) is -0.277. The molecule has 2 aromatic carbocycles. The van der Waals surface area contributed by atoms with Gasteiger partial charge in [0.25, 0.3) is 11.8 Å². The highest BCUT2D eigenvalue weighted by molar-refractivity contribution is 7.80. The maximum absolute atomic E-state index is 12.1. The molecular formula is C19H20ClN3O3S. The van der Waals surface area contributed by atoms with Gasteiger partial charge in [0.05, 0.1) is 0 Å². The van der Waals surface area contributed by atoms with Gasteiger partial charge in [-0.2, -0.15) is 0 Å². The maximum atomic E-state index is 12.1. The van der Waals surface area contributed by atoms with Crippen LogP contribution in [0, 0.1) is 20.8 Å². The van der Waals surface area contributed by atoms with E-state index in [1.54, 1.807) is 30.3 Å². The van der Waals surface area contributed by atoms with Crippen molar-refractivity contribution in [2.75, 3.05) is 6.61 Å². The monoisotopic (exact) mass is 405 g/mol. The minimum absolute atomic E-state index is 0.0203. The fraction of sp³-hybridized carbons (Fsp3) is 0.211. The molecule has 2 rings (SSSR count). The minimum atomic E-state index is -0.451. The molecule has 0 saturated heterocycles. The molecule has 6 nitrogen and oxygen atoms in total. The molecular weight excluding hydrogens is 386 g/mol. The number of carbonyl (C=O) groups is 2. The van der Waals surface area contributed by atoms with Gasteiger partial charge < -0.3 is 4.74 Å². The quantitative estimate of drug-likeness (QED) is 0.538. The molecule has 0 unspecified atom stereocenters. The molecule has 0 heterocycles. The van der Waals surface area contributed by atoms with Crippen LogP contribution >= 0.6 is 23.8 Å². The Hall–Kier alpha value is -2.64. The van der Waals surface area contributed by atoms with Crippen molar-refractivity contribution < 1.29 is 14.3 Å². The number of hydrogen-bond acceptors (Lipinski definition) is 4. The zero-order valence-corrected chi connectivity index (χ0v) is 16.8. The number of carbonyl (C=O) groups excluding carboxylic acids is 2. The third-order valence-corrected chi connectivity index (χ3v) is 4.40. The molecule has 0 radical (unpaired) electrons. The zero-order valence-electron chi connectivity index (χ0n) is 15.2. The number of hydrazine groups is 1. The van der Waals surface area contributed by atoms with Crippen molar-refractivity contribution in [1.82, 2.24) is 16.2 Å². The molecule has 0 aliphatic heterocycles. The van der Waals surface area contributed by atoms with Crippen LogP contribution in [0.25, 0.3) is 0 Å². The topological polar surface area (TPSA) is 79.5 Å². The van der Waals surface area contributed by atoms with E-state index in [9.17, 15) is 9.59 Å². The first-order chi connectivity index (χ1) is 12.8. The molecule has 0 aromatic heterocycles. The standard InChI is InChI=1S/C19H20ClN3O3S/c1-11-5-4-6-14(7-11)18(25)21-19(27)23-22-16(24)10-26-15-8-12(2)17(20)13(3)9-15/h4-9H,10H2,1-3H3,(H,22,24)(H2,21,23,25,27). The molecule has 0 spiro atoms. The van der Waals surface area contributed by atoms with E-state index >= 15 is 0 Å². The van der Waals surface area contributed by atoms with Gasteiger partial charge in [-0.15, -0.1) is 0 Å². The van der Waals surface area contributed by atoms with Crippen LogP contribution < -0.4 is 20.9 Å². The molecule has 0 bridgehead atoms. The second-order valence-corrected chi connectivity index (χ2v) is 6.77. The van der Waals surface area contributed by atoms with E-state index in [1.165, 1.54) is 0 Å². The Bertz CT molecular complexity index is 863. The Morgan fingerprint density at radius 1 is 1.07 bits per heavy atom. The summed E-state index contributed by atoms with van der Waals surface area (Å²) < 4.78 is 5.44. The van der Waals surface area contributed by atoms with Crippen molar-refractivity contribution in [3.63, 3.8) is 0 Å². The third kappa shape index (κ3) is 6.23. The molecule has 0 saturated carbocycles. The average Bonchev–Trinajstić information content (AvgIpc) is 2.62. The lowest BCUT2D eigenvalue weighted by atomic mass is 10.1. The van der Waals surface area contributed by atoms with E-state index in [-0.39, 0.29) is 17.6 Å². The Balaban J connectivity index is 1.78. The molecule has 0 aliphatic carbocycles. The van der Waals surface area contributed by atoms with E-state index in [2.05, 4.69) is 16.2 Å². The summed E-state index contributed by atoms with van der Waals surface area (Å²) in [6.07, 6.45) is 0. The largest absolute Gasteiger partial charge is 0.484 e. The summed E-state index contributed by atoms with van der Waals surface area (Å²) in [7, 11) is 0. The number of aryl methyl sites for hydroxylation is 3. The van der Waals surface area contributed by atoms with Crippen LogP contribution in [0.4, 0.5) is 0 Å². The van der Waals surface area contributed by atoms with E-state index < -0.39 is 5.91 Å². The number of halogens is 1. The van der Waals surface area contributed by atoms with Crippen LogP contribution in [0.5, 0.6) is 5.75 Å². The number of rotatable bonds is 4. The van der Waals surface area contributed by atoms with Gasteiger partial charge in [0.2, 0.25) is 0 Å². The first-order valence-electron chi connectivity index (χ1n) is 8.12. The summed E-state index contributed by atoms with van der Waals surface area (Å²) in [6.45, 7) is 5.39. The molecule has 3 N–H and O–H groups in total. The van der Waals surface area contributed by atoms with Crippen molar-refractivity contribution in [3.05, 3.63) is 63.7 Å². The van der Waals surface area contributed by atoms with Crippen LogP contribution in [0.1, 0.15) is 27.0 Å². The number of hydrogen-bond donors (Lipinski definition) is 3. The number of nitrogens with one attached hydrogen (secondary N) is 3. The lowest BCUT2D eigenvalue weighted by Gasteiger charge is -2.12. The maximum Gasteiger partial charge on any atom is 0.276 e. The van der Waals surface area contributed by atoms with Crippen molar-refractivity contribution in [2.24, 2.45) is 0 Å². The second kappa shape index (κ2) is 9.34. The summed E-state index contributed by atoms with van der Waals surface area (Å²) in [6, 6.07) is 10.6. The first kappa shape index (κ1) is 20.7. The van der Waals surface area contributed by atoms with Gasteiger partial charge in [0.1, 0.15) is 5.75 Å². The smallest absolute Gasteiger partial charge is 0.276 e. The van der Waals surface area contributed by atoms with Gasteiger partial charge in [-0.05, 0) is 68.4 Å². The third-order valence-electron chi connectivity index (χ3n) is 3.60. The Morgan fingerprint density at radius 2 is 1.74 bits per heavy atom. The van der Waals surface area contributed by atoms with Crippen LogP contribution in [-0.2, 0) is 4.79 Å². The van der Waals surface area contributed by atoms with Gasteiger partial charge in [0, 0.05) is 10.6 Å². The van der Waals surface area contributed by atoms with Crippen LogP contribution in [0.2, 0.25) is 5.02 Å². The van der Waals surface area contributed by atoms with E-state index in [4.69, 9.17) is 28.6 Å². The molecule has 0 atom stereocenters. The van der Waals surface area contributed by atoms with Crippen LogP contribution in [-0.4, -0.2) is 23.5 Å². The lowest BCUT2D eigenvalue weighted by Crippen LogP contribution is -2.49. The van der Waals surface area contributed by atoms with Gasteiger partial charge >= 0.3 is 0 Å². The molecule has 142 valence electrons. The first-order valence-corrected chi connectivity index (χ1v) is 8.91. The lowest BCUT2D eigenvalue weighted by molar-refractivity contribution is -0.123. The molecule has 2 amide bonds. The Labute approximate surface area is 168 Å². The van der Waals surface area contributed by atoms with Gasteiger partial charge in [0.15, 0.2) is 11.7 Å². The number of benzene rings is 2. The van der Waals surface area contributed by atoms with Gasteiger partial charge in [-0.25, -0.2) is 0 Å². The summed E-state index contributed by atoms with van der Waals surface area (Å²) in [5.41, 5.74) is 7.99. The highest BCUT2D eigenvalue weighted by Crippen LogP contribution is 2.25. The predicted octanol–water partition coefficient (Wildman–Crippen LogP) is 2.98. The Morgan fingerprint density at radius 3 is 2.37 bits per heavy atom. The number of ether oxygens (including phenoxy) is 1. The molecule has 0 aliphatic rings. The van der Waals surface area contributed by atoms with Crippen molar-refractivity contribution in [1.29, 1.82) is 0 Å². The van der Waals surface area contributed by atoms with E-state index in [0.717, 1.165) is 16.7 Å². The molecule has 8 heteroatoms. The summed E-state index contributed by atoms with van der Waals surface area (Å²) >= 11 is 11.1. The van der Waals surface area contributed by atoms with Gasteiger partial charge in [-0.1, -0.05) is 29.3 Å². The van der Waals surface area contributed by atoms with E-state index in [1.807, 2.05) is 26.8 Å². The fourth-order valence-corrected chi connectivity index (χ4v) is 2.55. The number of thiocarbonyl (C=S) groups is 1. The predicted molar refractivity (Wildman–Crippen MR) is 109 cm³/mol. The Kier molecular flexibility index (Phi) is 7.15.